The minimum absolute atomic E-state index is 0.136. The molecule has 4 heteroatoms. The van der Waals surface area contributed by atoms with Gasteiger partial charge in [-0.2, -0.15) is 5.10 Å². The number of benzene rings is 1. The fraction of sp³-hybridized carbons (Fsp3) is 0.444. The highest BCUT2D eigenvalue weighted by molar-refractivity contribution is 5.70. The van der Waals surface area contributed by atoms with Crippen LogP contribution in [0, 0.1) is 5.92 Å². The minimum Gasteiger partial charge on any atom is -0.481 e. The first kappa shape index (κ1) is 14.8. The molecular formula is C18H22N2O2. The molecule has 0 saturated heterocycles. The van der Waals surface area contributed by atoms with Crippen molar-refractivity contribution in [3.8, 4) is 5.69 Å². The maximum Gasteiger partial charge on any atom is 0.306 e. The van der Waals surface area contributed by atoms with Crippen LogP contribution in [0.5, 0.6) is 0 Å². The van der Waals surface area contributed by atoms with Gasteiger partial charge in [-0.15, -0.1) is 0 Å². The maximum atomic E-state index is 11.1. The van der Waals surface area contributed by atoms with Gasteiger partial charge in [-0.25, -0.2) is 4.68 Å². The molecule has 0 fully saturated rings. The van der Waals surface area contributed by atoms with E-state index >= 15 is 0 Å². The van der Waals surface area contributed by atoms with Crippen LogP contribution in [0.3, 0.4) is 0 Å². The van der Waals surface area contributed by atoms with E-state index in [2.05, 4.69) is 50.1 Å². The molecule has 2 aromatic rings. The van der Waals surface area contributed by atoms with Crippen molar-refractivity contribution in [2.45, 2.75) is 45.4 Å². The second kappa shape index (κ2) is 5.27. The molecule has 0 spiro atoms. The lowest BCUT2D eigenvalue weighted by molar-refractivity contribution is -0.142. The third-order valence-electron chi connectivity index (χ3n) is 4.42. The summed E-state index contributed by atoms with van der Waals surface area (Å²) in [5, 5.41) is 13.8. The second-order valence-corrected chi connectivity index (χ2v) is 7.12. The van der Waals surface area contributed by atoms with Crippen molar-refractivity contribution >= 4 is 5.97 Å². The van der Waals surface area contributed by atoms with Gasteiger partial charge in [0.25, 0.3) is 0 Å². The van der Waals surface area contributed by atoms with Crippen LogP contribution >= 0.6 is 0 Å². The van der Waals surface area contributed by atoms with Crippen molar-refractivity contribution < 1.29 is 9.90 Å². The number of nitrogens with zero attached hydrogens (tertiary/aromatic N) is 2. The summed E-state index contributed by atoms with van der Waals surface area (Å²) in [6, 6.07) is 8.42. The van der Waals surface area contributed by atoms with Gasteiger partial charge in [-0.3, -0.25) is 4.79 Å². The van der Waals surface area contributed by atoms with Crippen LogP contribution in [0.2, 0.25) is 0 Å². The summed E-state index contributed by atoms with van der Waals surface area (Å²) in [4.78, 5) is 11.1. The molecule has 0 bridgehead atoms. The van der Waals surface area contributed by atoms with Gasteiger partial charge in [-0.1, -0.05) is 32.9 Å². The standard InChI is InChI=1S/C18H22N2O2/c1-18(2,3)14-5-7-15(8-6-14)20-11-13-10-12(17(21)22)4-9-16(13)19-20/h5-8,11-12H,4,9-10H2,1-3H3,(H,21,22). The molecule has 116 valence electrons. The van der Waals surface area contributed by atoms with E-state index in [0.29, 0.717) is 12.8 Å². The van der Waals surface area contributed by atoms with Crippen LogP contribution < -0.4 is 0 Å². The van der Waals surface area contributed by atoms with Crippen molar-refractivity contribution in [3.63, 3.8) is 0 Å². The number of aromatic nitrogens is 2. The lowest BCUT2D eigenvalue weighted by Gasteiger charge is -2.19. The average Bonchev–Trinajstić information content (AvgIpc) is 2.89. The number of hydrogen-bond acceptors (Lipinski definition) is 2. The summed E-state index contributed by atoms with van der Waals surface area (Å²) < 4.78 is 1.88. The molecule has 1 heterocycles. The van der Waals surface area contributed by atoms with Gasteiger partial charge < -0.3 is 5.11 Å². The zero-order valence-corrected chi connectivity index (χ0v) is 13.3. The van der Waals surface area contributed by atoms with Gasteiger partial charge in [0.05, 0.1) is 17.3 Å². The highest BCUT2D eigenvalue weighted by atomic mass is 16.4. The van der Waals surface area contributed by atoms with Gasteiger partial charge >= 0.3 is 5.97 Å². The molecule has 1 aliphatic rings. The number of aryl methyl sites for hydroxylation is 1. The number of carbonyl (C=O) groups is 1. The van der Waals surface area contributed by atoms with Gasteiger partial charge in [-0.05, 0) is 47.9 Å². The monoisotopic (exact) mass is 298 g/mol. The maximum absolute atomic E-state index is 11.1. The molecule has 1 aliphatic carbocycles. The second-order valence-electron chi connectivity index (χ2n) is 7.12. The van der Waals surface area contributed by atoms with Gasteiger partial charge in [0.15, 0.2) is 0 Å². The minimum atomic E-state index is -0.701. The molecule has 4 nitrogen and oxygen atoms in total. The Labute approximate surface area is 130 Å². The zero-order valence-electron chi connectivity index (χ0n) is 13.3. The first-order valence-electron chi connectivity index (χ1n) is 7.76. The molecule has 1 unspecified atom stereocenters. The number of aliphatic carboxylic acids is 1. The number of carboxylic acids is 1. The molecular weight excluding hydrogens is 276 g/mol. The lowest BCUT2D eigenvalue weighted by atomic mass is 9.87. The third-order valence-corrected chi connectivity index (χ3v) is 4.42. The molecule has 1 aromatic heterocycles. The summed E-state index contributed by atoms with van der Waals surface area (Å²) in [7, 11) is 0. The van der Waals surface area contributed by atoms with E-state index < -0.39 is 5.97 Å². The molecule has 22 heavy (non-hydrogen) atoms. The Bertz CT molecular complexity index is 693. The first-order valence-corrected chi connectivity index (χ1v) is 7.76. The number of rotatable bonds is 2. The third kappa shape index (κ3) is 2.78. The van der Waals surface area contributed by atoms with Crippen LogP contribution in [0.4, 0.5) is 0 Å². The van der Waals surface area contributed by atoms with E-state index in [1.54, 1.807) is 0 Å². The Morgan fingerprint density at radius 2 is 1.95 bits per heavy atom. The van der Waals surface area contributed by atoms with Gasteiger partial charge in [0, 0.05) is 6.20 Å². The Balaban J connectivity index is 1.87. The van der Waals surface area contributed by atoms with Crippen LogP contribution in [0.15, 0.2) is 30.5 Å². The fourth-order valence-corrected chi connectivity index (χ4v) is 2.96. The Morgan fingerprint density at radius 1 is 1.27 bits per heavy atom. The summed E-state index contributed by atoms with van der Waals surface area (Å²) >= 11 is 0. The molecule has 0 saturated carbocycles. The topological polar surface area (TPSA) is 55.1 Å². The molecule has 1 aromatic carbocycles. The van der Waals surface area contributed by atoms with E-state index in [4.69, 9.17) is 5.11 Å². The summed E-state index contributed by atoms with van der Waals surface area (Å²) in [5.41, 5.74) is 4.56. The quantitative estimate of drug-likeness (QED) is 0.925. The fourth-order valence-electron chi connectivity index (χ4n) is 2.96. The molecule has 0 radical (unpaired) electrons. The number of carboxylic acid groups (broad SMARTS) is 1. The van der Waals surface area contributed by atoms with Gasteiger partial charge in [0.2, 0.25) is 0 Å². The molecule has 0 aliphatic heterocycles. The zero-order chi connectivity index (χ0) is 15.9. The predicted molar refractivity (Wildman–Crippen MR) is 85.4 cm³/mol. The van der Waals surface area contributed by atoms with Crippen molar-refractivity contribution in [2.75, 3.05) is 0 Å². The molecule has 3 rings (SSSR count). The normalized spacial score (nSPS) is 18.0. The number of hydrogen-bond donors (Lipinski definition) is 1. The summed E-state index contributed by atoms with van der Waals surface area (Å²) in [5.74, 6) is -0.971. The van der Waals surface area contributed by atoms with Crippen LogP contribution in [0.1, 0.15) is 44.0 Å². The van der Waals surface area contributed by atoms with E-state index in [9.17, 15) is 4.79 Å². The van der Waals surface area contributed by atoms with Crippen LogP contribution in [0.25, 0.3) is 5.69 Å². The largest absolute Gasteiger partial charge is 0.481 e. The van der Waals surface area contributed by atoms with E-state index in [0.717, 1.165) is 23.4 Å². The summed E-state index contributed by atoms with van der Waals surface area (Å²) in [6.45, 7) is 6.59. The van der Waals surface area contributed by atoms with Gasteiger partial charge in [0.1, 0.15) is 0 Å². The lowest BCUT2D eigenvalue weighted by Crippen LogP contribution is -2.21. The van der Waals surface area contributed by atoms with Crippen LogP contribution in [-0.4, -0.2) is 20.9 Å². The molecule has 0 amide bonds. The van der Waals surface area contributed by atoms with E-state index in [-0.39, 0.29) is 11.3 Å². The van der Waals surface area contributed by atoms with Crippen molar-refractivity contribution in [2.24, 2.45) is 5.92 Å². The van der Waals surface area contributed by atoms with Crippen molar-refractivity contribution in [3.05, 3.63) is 47.3 Å². The smallest absolute Gasteiger partial charge is 0.306 e. The Hall–Kier alpha value is -2.10. The summed E-state index contributed by atoms with van der Waals surface area (Å²) in [6.07, 6.45) is 4.00. The molecule has 1 N–H and O–H groups in total. The molecule has 1 atom stereocenters. The Kier molecular flexibility index (Phi) is 3.55. The van der Waals surface area contributed by atoms with E-state index in [1.165, 1.54) is 5.56 Å². The first-order chi connectivity index (χ1) is 10.3. The van der Waals surface area contributed by atoms with Crippen molar-refractivity contribution in [1.82, 2.24) is 9.78 Å². The highest BCUT2D eigenvalue weighted by Gasteiger charge is 2.26. The SMILES string of the molecule is CC(C)(C)c1ccc(-n2cc3c(n2)CCC(C(=O)O)C3)cc1. The average molecular weight is 298 g/mol. The van der Waals surface area contributed by atoms with Crippen molar-refractivity contribution in [1.29, 1.82) is 0 Å². The van der Waals surface area contributed by atoms with Crippen LogP contribution in [-0.2, 0) is 23.1 Å². The number of fused-ring (bicyclic) bond motifs is 1. The predicted octanol–water partition coefficient (Wildman–Crippen LogP) is 3.36. The van der Waals surface area contributed by atoms with E-state index in [1.807, 2.05) is 10.9 Å². The highest BCUT2D eigenvalue weighted by Crippen LogP contribution is 2.27. The Morgan fingerprint density at radius 3 is 2.55 bits per heavy atom.